The summed E-state index contributed by atoms with van der Waals surface area (Å²) in [5.41, 5.74) is 1.58. The highest BCUT2D eigenvalue weighted by molar-refractivity contribution is 7.89. The number of anilines is 1. The number of piperidine rings is 1. The van der Waals surface area contributed by atoms with Gasteiger partial charge >= 0.3 is 0 Å². The predicted octanol–water partition coefficient (Wildman–Crippen LogP) is 1.85. The van der Waals surface area contributed by atoms with Crippen LogP contribution in [0.1, 0.15) is 32.3 Å². The monoisotopic (exact) mass is 379 g/mol. The van der Waals surface area contributed by atoms with Crippen molar-refractivity contribution in [2.75, 3.05) is 38.1 Å². The number of carbonyl (C=O) groups is 1. The molecule has 1 amide bonds. The normalized spacial score (nSPS) is 19.4. The van der Waals surface area contributed by atoms with Crippen LogP contribution in [0.15, 0.2) is 23.1 Å². The Morgan fingerprint density at radius 2 is 1.92 bits per heavy atom. The Balaban J connectivity index is 1.57. The predicted molar refractivity (Wildman–Crippen MR) is 103 cm³/mol. The first kappa shape index (κ1) is 19.3. The van der Waals surface area contributed by atoms with E-state index in [0.29, 0.717) is 18.4 Å². The average molecular weight is 380 g/mol. The van der Waals surface area contributed by atoms with E-state index in [2.05, 4.69) is 23.5 Å². The maximum atomic E-state index is 12.6. The molecule has 2 aliphatic rings. The average Bonchev–Trinajstić information content (AvgIpc) is 2.88. The lowest BCUT2D eigenvalue weighted by atomic mass is 9.96. The molecule has 144 valence electrons. The third-order valence-electron chi connectivity index (χ3n) is 5.33. The minimum absolute atomic E-state index is 0.00401. The van der Waals surface area contributed by atoms with Gasteiger partial charge in [-0.15, -0.1) is 0 Å². The highest BCUT2D eigenvalue weighted by Gasteiger charge is 2.27. The van der Waals surface area contributed by atoms with Gasteiger partial charge in [-0.1, -0.05) is 13.8 Å². The van der Waals surface area contributed by atoms with E-state index in [-0.39, 0.29) is 17.2 Å². The van der Waals surface area contributed by atoms with Crippen molar-refractivity contribution in [1.82, 2.24) is 9.62 Å². The van der Waals surface area contributed by atoms with Gasteiger partial charge in [0, 0.05) is 25.8 Å². The topological polar surface area (TPSA) is 69.7 Å². The van der Waals surface area contributed by atoms with Crippen molar-refractivity contribution in [3.05, 3.63) is 23.8 Å². The van der Waals surface area contributed by atoms with Crippen LogP contribution < -0.4 is 9.62 Å². The standard InChI is InChI=1S/C19H29N3O3S/c1-14(2)13-22-8-6-15(7-9-22)12-20-26(24,25)17-4-5-18-16(10-17)11-19(23)21(18)3/h4-5,10,14-15,20H,6-9,11-13H2,1-3H3. The first-order valence-corrected chi connectivity index (χ1v) is 10.9. The Morgan fingerprint density at radius 1 is 1.23 bits per heavy atom. The summed E-state index contributed by atoms with van der Waals surface area (Å²) in [7, 11) is -1.83. The van der Waals surface area contributed by atoms with E-state index < -0.39 is 10.0 Å². The van der Waals surface area contributed by atoms with Crippen LogP contribution in [0, 0.1) is 11.8 Å². The van der Waals surface area contributed by atoms with Gasteiger partial charge in [0.05, 0.1) is 11.3 Å². The lowest BCUT2D eigenvalue weighted by Crippen LogP contribution is -2.40. The maximum Gasteiger partial charge on any atom is 0.240 e. The van der Waals surface area contributed by atoms with Crippen molar-refractivity contribution in [3.63, 3.8) is 0 Å². The Kier molecular flexibility index (Phi) is 5.69. The van der Waals surface area contributed by atoms with Crippen LogP contribution >= 0.6 is 0 Å². The molecule has 0 radical (unpaired) electrons. The van der Waals surface area contributed by atoms with Crippen LogP contribution in [0.3, 0.4) is 0 Å². The third-order valence-corrected chi connectivity index (χ3v) is 6.75. The Bertz CT molecular complexity index is 768. The molecular weight excluding hydrogens is 350 g/mol. The molecule has 0 aromatic heterocycles. The maximum absolute atomic E-state index is 12.6. The molecule has 3 rings (SSSR count). The number of likely N-dealkylation sites (N-methyl/N-ethyl adjacent to an activating group) is 1. The molecule has 7 heteroatoms. The molecule has 0 bridgehead atoms. The summed E-state index contributed by atoms with van der Waals surface area (Å²) in [5.74, 6) is 1.04. The third kappa shape index (κ3) is 4.27. The number of rotatable bonds is 6. The van der Waals surface area contributed by atoms with Gasteiger partial charge in [-0.3, -0.25) is 4.79 Å². The highest BCUT2D eigenvalue weighted by Crippen LogP contribution is 2.29. The van der Waals surface area contributed by atoms with Gasteiger partial charge in [0.25, 0.3) is 0 Å². The lowest BCUT2D eigenvalue weighted by molar-refractivity contribution is -0.117. The minimum atomic E-state index is -3.54. The number of likely N-dealkylation sites (tertiary alicyclic amines) is 1. The zero-order chi connectivity index (χ0) is 18.9. The zero-order valence-electron chi connectivity index (χ0n) is 15.9. The fraction of sp³-hybridized carbons (Fsp3) is 0.632. The second-order valence-corrected chi connectivity index (χ2v) is 9.68. The van der Waals surface area contributed by atoms with Gasteiger partial charge in [0.1, 0.15) is 0 Å². The number of fused-ring (bicyclic) bond motifs is 1. The molecule has 1 saturated heterocycles. The second-order valence-electron chi connectivity index (χ2n) is 7.91. The van der Waals surface area contributed by atoms with Crippen LogP contribution in [0.2, 0.25) is 0 Å². The van der Waals surface area contributed by atoms with Crippen molar-refractivity contribution >= 4 is 21.6 Å². The Labute approximate surface area is 156 Å². The summed E-state index contributed by atoms with van der Waals surface area (Å²) in [6.07, 6.45) is 2.32. The fourth-order valence-corrected chi connectivity index (χ4v) is 4.98. The molecule has 26 heavy (non-hydrogen) atoms. The van der Waals surface area contributed by atoms with Crippen LogP contribution in [0.5, 0.6) is 0 Å². The number of carbonyl (C=O) groups excluding carboxylic acids is 1. The molecule has 2 aliphatic heterocycles. The molecular formula is C19H29N3O3S. The molecule has 6 nitrogen and oxygen atoms in total. The molecule has 1 aromatic carbocycles. The molecule has 1 N–H and O–H groups in total. The first-order valence-electron chi connectivity index (χ1n) is 9.38. The number of nitrogens with one attached hydrogen (secondary N) is 1. The lowest BCUT2D eigenvalue weighted by Gasteiger charge is -2.33. The number of hydrogen-bond donors (Lipinski definition) is 1. The van der Waals surface area contributed by atoms with Crippen molar-refractivity contribution in [1.29, 1.82) is 0 Å². The second kappa shape index (κ2) is 7.66. The summed E-state index contributed by atoms with van der Waals surface area (Å²) in [6, 6.07) is 4.94. The molecule has 0 unspecified atom stereocenters. The van der Waals surface area contributed by atoms with Gasteiger partial charge in [-0.25, -0.2) is 13.1 Å². The van der Waals surface area contributed by atoms with Crippen molar-refractivity contribution < 1.29 is 13.2 Å². The SMILES string of the molecule is CC(C)CN1CCC(CNS(=O)(=O)c2ccc3c(c2)CC(=O)N3C)CC1. The minimum Gasteiger partial charge on any atom is -0.315 e. The first-order chi connectivity index (χ1) is 12.3. The fourth-order valence-electron chi connectivity index (χ4n) is 3.81. The van der Waals surface area contributed by atoms with Crippen LogP contribution in [0.25, 0.3) is 0 Å². The zero-order valence-corrected chi connectivity index (χ0v) is 16.7. The Hall–Kier alpha value is -1.44. The Morgan fingerprint density at radius 3 is 2.58 bits per heavy atom. The van der Waals surface area contributed by atoms with E-state index in [1.165, 1.54) is 0 Å². The van der Waals surface area contributed by atoms with E-state index in [1.807, 2.05) is 0 Å². The molecule has 2 heterocycles. The van der Waals surface area contributed by atoms with Crippen molar-refractivity contribution in [2.24, 2.45) is 11.8 Å². The van der Waals surface area contributed by atoms with Gasteiger partial charge in [-0.2, -0.15) is 0 Å². The van der Waals surface area contributed by atoms with E-state index in [1.54, 1.807) is 30.1 Å². The van der Waals surface area contributed by atoms with E-state index in [9.17, 15) is 13.2 Å². The molecule has 0 spiro atoms. The van der Waals surface area contributed by atoms with Crippen LogP contribution in [0.4, 0.5) is 5.69 Å². The summed E-state index contributed by atoms with van der Waals surface area (Å²) in [6.45, 7) is 8.12. The van der Waals surface area contributed by atoms with E-state index >= 15 is 0 Å². The van der Waals surface area contributed by atoms with Crippen molar-refractivity contribution in [3.8, 4) is 0 Å². The molecule has 0 aliphatic carbocycles. The number of benzene rings is 1. The highest BCUT2D eigenvalue weighted by atomic mass is 32.2. The smallest absolute Gasteiger partial charge is 0.240 e. The number of amides is 1. The quantitative estimate of drug-likeness (QED) is 0.819. The largest absolute Gasteiger partial charge is 0.315 e. The van der Waals surface area contributed by atoms with Gasteiger partial charge in [-0.05, 0) is 61.5 Å². The van der Waals surface area contributed by atoms with Gasteiger partial charge < -0.3 is 9.80 Å². The number of sulfonamides is 1. The molecule has 0 atom stereocenters. The summed E-state index contributed by atoms with van der Waals surface area (Å²) >= 11 is 0. The van der Waals surface area contributed by atoms with Crippen LogP contribution in [-0.2, 0) is 21.2 Å². The summed E-state index contributed by atoms with van der Waals surface area (Å²) < 4.78 is 28.0. The summed E-state index contributed by atoms with van der Waals surface area (Å²) in [4.78, 5) is 16.1. The summed E-state index contributed by atoms with van der Waals surface area (Å²) in [5, 5.41) is 0. The van der Waals surface area contributed by atoms with Gasteiger partial charge in [0.2, 0.25) is 15.9 Å². The number of nitrogens with zero attached hydrogens (tertiary/aromatic N) is 2. The van der Waals surface area contributed by atoms with Crippen LogP contribution in [-0.4, -0.2) is 52.5 Å². The molecule has 0 saturated carbocycles. The van der Waals surface area contributed by atoms with Gasteiger partial charge in [0.15, 0.2) is 0 Å². The molecule has 1 aromatic rings. The number of hydrogen-bond acceptors (Lipinski definition) is 4. The van der Waals surface area contributed by atoms with E-state index in [4.69, 9.17) is 0 Å². The van der Waals surface area contributed by atoms with E-state index in [0.717, 1.165) is 43.7 Å². The van der Waals surface area contributed by atoms with Crippen molar-refractivity contribution in [2.45, 2.75) is 38.0 Å². The molecule has 1 fully saturated rings.